The van der Waals surface area contributed by atoms with Crippen LogP contribution in [0.4, 0.5) is 0 Å². The molecule has 43 heavy (non-hydrogen) atoms. The number of fused-ring (bicyclic) bond motifs is 8. The zero-order valence-corrected chi connectivity index (χ0v) is 26.9. The van der Waals surface area contributed by atoms with Crippen LogP contribution >= 0.6 is 34.0 Å². The van der Waals surface area contributed by atoms with Crippen LogP contribution < -0.4 is 11.1 Å². The highest BCUT2D eigenvalue weighted by Gasteiger charge is 2.26. The molecule has 220 valence electrons. The summed E-state index contributed by atoms with van der Waals surface area (Å²) in [5, 5.41) is 2.95. The summed E-state index contributed by atoms with van der Waals surface area (Å²) in [4.78, 5) is 40.6. The molecule has 0 aliphatic heterocycles. The minimum atomic E-state index is -3.13. The molecule has 7 aromatic heterocycles. The Bertz CT molecular complexity index is 2590. The minimum absolute atomic E-state index is 0.0433. The standard InChI is InChI=1S/C28H22N4O6S5/c1-3-42(35,36)9-7-13-11-17-25(39-13)29-23-15-5-6-16-20-19(15)21(27(33)31(17)23)41-22(20)28(34)32-18-12-14(8-10-43(37,38)4-2)40-26(18)30-24(16)32/h5-6,11-12H,3-4,7-10H2,1-2H3. The maximum atomic E-state index is 14.0. The molecule has 0 atom stereocenters. The van der Waals surface area contributed by atoms with Gasteiger partial charge in [0.15, 0.2) is 0 Å². The predicted molar refractivity (Wildman–Crippen MR) is 176 cm³/mol. The number of nitrogens with zero attached hydrogens (tertiary/aromatic N) is 4. The summed E-state index contributed by atoms with van der Waals surface area (Å²) in [5.74, 6) is 0.256. The van der Waals surface area contributed by atoms with Crippen molar-refractivity contribution < 1.29 is 16.8 Å². The average Bonchev–Trinajstić information content (AvgIpc) is 3.78. The second-order valence-corrected chi connectivity index (χ2v) is 18.8. The van der Waals surface area contributed by atoms with Crippen molar-refractivity contribution in [1.82, 2.24) is 18.8 Å². The molecule has 7 heterocycles. The Hall–Kier alpha value is -3.24. The average molecular weight is 671 g/mol. The number of aryl methyl sites for hydroxylation is 2. The lowest BCUT2D eigenvalue weighted by molar-refractivity contribution is 0.595. The molecule has 0 saturated carbocycles. The van der Waals surface area contributed by atoms with Gasteiger partial charge in [0.25, 0.3) is 11.1 Å². The van der Waals surface area contributed by atoms with E-state index in [9.17, 15) is 26.4 Å². The zero-order valence-electron chi connectivity index (χ0n) is 22.8. The van der Waals surface area contributed by atoms with Gasteiger partial charge in [-0.3, -0.25) is 18.4 Å². The summed E-state index contributed by atoms with van der Waals surface area (Å²) in [5.41, 5.74) is 1.77. The number of thiophene rings is 3. The lowest BCUT2D eigenvalue weighted by Gasteiger charge is -2.05. The van der Waals surface area contributed by atoms with Gasteiger partial charge in [0, 0.05) is 42.8 Å². The van der Waals surface area contributed by atoms with Crippen LogP contribution in [-0.4, -0.2) is 58.6 Å². The van der Waals surface area contributed by atoms with Crippen molar-refractivity contribution in [2.75, 3.05) is 23.0 Å². The second kappa shape index (κ2) is 9.14. The van der Waals surface area contributed by atoms with E-state index in [4.69, 9.17) is 9.97 Å². The summed E-state index contributed by atoms with van der Waals surface area (Å²) < 4.78 is 52.2. The van der Waals surface area contributed by atoms with Crippen molar-refractivity contribution in [1.29, 1.82) is 0 Å². The Kier molecular flexibility index (Phi) is 5.81. The van der Waals surface area contributed by atoms with Crippen LogP contribution in [0, 0.1) is 0 Å². The molecular weight excluding hydrogens is 649 g/mol. The second-order valence-electron chi connectivity index (χ2n) is 10.6. The maximum Gasteiger partial charge on any atom is 0.274 e. The number of hydrogen-bond donors (Lipinski definition) is 0. The molecule has 0 aliphatic rings. The summed E-state index contributed by atoms with van der Waals surface area (Å²) in [6.45, 7) is 3.26. The van der Waals surface area contributed by atoms with Crippen molar-refractivity contribution in [2.45, 2.75) is 26.7 Å². The number of sulfone groups is 2. The first kappa shape index (κ1) is 27.3. The topological polar surface area (TPSA) is 137 Å². The van der Waals surface area contributed by atoms with Crippen molar-refractivity contribution in [3.05, 3.63) is 54.7 Å². The molecule has 10 nitrogen and oxygen atoms in total. The molecule has 15 heteroatoms. The lowest BCUT2D eigenvalue weighted by Crippen LogP contribution is -2.12. The first-order valence-electron chi connectivity index (χ1n) is 13.6. The fourth-order valence-electron chi connectivity index (χ4n) is 5.82. The molecule has 0 spiro atoms. The van der Waals surface area contributed by atoms with Crippen molar-refractivity contribution >= 4 is 117 Å². The highest BCUT2D eigenvalue weighted by molar-refractivity contribution is 7.91. The SMILES string of the molecule is CCS(=O)(=O)CCc1cc2c(nc3c4ccc5c6c(sc(c(=O)n23)c46)c(=O)n2c3cc(CCS(=O)(=O)CC)sc3nc52)s1. The Morgan fingerprint density at radius 2 is 1.09 bits per heavy atom. The van der Waals surface area contributed by atoms with Crippen LogP contribution in [0.1, 0.15) is 23.6 Å². The van der Waals surface area contributed by atoms with Crippen LogP contribution in [0.3, 0.4) is 0 Å². The Labute approximate surface area is 255 Å². The van der Waals surface area contributed by atoms with Gasteiger partial charge in [0.1, 0.15) is 50.0 Å². The van der Waals surface area contributed by atoms with Gasteiger partial charge in [-0.05, 0) is 37.1 Å². The highest BCUT2D eigenvalue weighted by Crippen LogP contribution is 2.42. The normalized spacial score (nSPS) is 13.5. The summed E-state index contributed by atoms with van der Waals surface area (Å²) >= 11 is 3.96. The van der Waals surface area contributed by atoms with Crippen molar-refractivity contribution in [3.63, 3.8) is 0 Å². The summed E-state index contributed by atoms with van der Waals surface area (Å²) in [7, 11) is -6.25. The highest BCUT2D eigenvalue weighted by atomic mass is 32.2. The number of rotatable bonds is 8. The van der Waals surface area contributed by atoms with Gasteiger partial charge in [-0.25, -0.2) is 26.8 Å². The number of hydrogen-bond acceptors (Lipinski definition) is 11. The minimum Gasteiger partial charge on any atom is -0.267 e. The Morgan fingerprint density at radius 3 is 1.49 bits per heavy atom. The Morgan fingerprint density at radius 1 is 0.674 bits per heavy atom. The van der Waals surface area contributed by atoms with Crippen molar-refractivity contribution in [3.8, 4) is 0 Å². The lowest BCUT2D eigenvalue weighted by atomic mass is 10.0. The first-order chi connectivity index (χ1) is 20.5. The molecule has 0 N–H and O–H groups in total. The third-order valence-corrected chi connectivity index (χ3v) is 14.9. The largest absolute Gasteiger partial charge is 0.274 e. The fourth-order valence-corrected chi connectivity index (χ4v) is 10.9. The van der Waals surface area contributed by atoms with Gasteiger partial charge in [-0.1, -0.05) is 13.8 Å². The number of pyridine rings is 2. The number of aromatic nitrogens is 4. The molecule has 0 aliphatic carbocycles. The van der Waals surface area contributed by atoms with E-state index in [1.54, 1.807) is 22.6 Å². The summed E-state index contributed by atoms with van der Waals surface area (Å²) in [6.07, 6.45) is 0.725. The number of imidazole rings is 2. The van der Waals surface area contributed by atoms with Crippen LogP contribution in [0.5, 0.6) is 0 Å². The van der Waals surface area contributed by atoms with E-state index in [0.717, 1.165) is 20.5 Å². The summed E-state index contributed by atoms with van der Waals surface area (Å²) in [6, 6.07) is 7.54. The van der Waals surface area contributed by atoms with Crippen molar-refractivity contribution in [2.24, 2.45) is 0 Å². The molecule has 0 bridgehead atoms. The van der Waals surface area contributed by atoms with Gasteiger partial charge >= 0.3 is 0 Å². The van der Waals surface area contributed by atoms with E-state index >= 15 is 0 Å². The van der Waals surface area contributed by atoms with Crippen LogP contribution in [0.25, 0.3) is 62.9 Å². The smallest absolute Gasteiger partial charge is 0.267 e. The van der Waals surface area contributed by atoms with Crippen LogP contribution in [0.15, 0.2) is 33.9 Å². The van der Waals surface area contributed by atoms with E-state index in [-0.39, 0.29) is 34.1 Å². The zero-order chi connectivity index (χ0) is 30.0. The fraction of sp³-hybridized carbons (Fsp3) is 0.286. The van der Waals surface area contributed by atoms with E-state index in [1.807, 2.05) is 24.3 Å². The number of benzene rings is 1. The van der Waals surface area contributed by atoms with E-state index in [1.165, 1.54) is 34.0 Å². The monoisotopic (exact) mass is 670 g/mol. The van der Waals surface area contributed by atoms with Gasteiger partial charge in [-0.2, -0.15) is 0 Å². The quantitative estimate of drug-likeness (QED) is 0.216. The molecular formula is C28H22N4O6S5. The third kappa shape index (κ3) is 3.91. The van der Waals surface area contributed by atoms with Crippen LogP contribution in [-0.2, 0) is 32.5 Å². The molecule has 8 rings (SSSR count). The van der Waals surface area contributed by atoms with E-state index < -0.39 is 19.7 Å². The van der Waals surface area contributed by atoms with Crippen LogP contribution in [0.2, 0.25) is 0 Å². The van der Waals surface area contributed by atoms with Gasteiger partial charge < -0.3 is 0 Å². The maximum absolute atomic E-state index is 14.0. The first-order valence-corrected chi connectivity index (χ1v) is 19.7. The van der Waals surface area contributed by atoms with Gasteiger partial charge in [0.2, 0.25) is 0 Å². The predicted octanol–water partition coefficient (Wildman–Crippen LogP) is 4.48. The molecule has 0 saturated heterocycles. The Balaban J connectivity index is 1.34. The molecule has 0 fully saturated rings. The van der Waals surface area contributed by atoms with Gasteiger partial charge in [-0.15, -0.1) is 34.0 Å². The van der Waals surface area contributed by atoms with Gasteiger partial charge in [0.05, 0.1) is 22.5 Å². The van der Waals surface area contributed by atoms with E-state index in [0.29, 0.717) is 65.0 Å². The molecule has 0 radical (unpaired) electrons. The third-order valence-electron chi connectivity index (χ3n) is 8.15. The molecule has 0 amide bonds. The van der Waals surface area contributed by atoms with E-state index in [2.05, 4.69) is 0 Å². The molecule has 0 unspecified atom stereocenters. The molecule has 8 aromatic rings. The molecule has 1 aromatic carbocycles.